The van der Waals surface area contributed by atoms with Crippen LogP contribution < -0.4 is 4.74 Å². The van der Waals surface area contributed by atoms with E-state index in [0.29, 0.717) is 0 Å². The molecule has 0 unspecified atom stereocenters. The van der Waals surface area contributed by atoms with Gasteiger partial charge >= 0.3 is 0 Å². The third-order valence-corrected chi connectivity index (χ3v) is 3.11. The third kappa shape index (κ3) is 9.08. The van der Waals surface area contributed by atoms with E-state index in [1.165, 1.54) is 5.56 Å². The summed E-state index contributed by atoms with van der Waals surface area (Å²) in [4.78, 5) is 0. The molecule has 26 heavy (non-hydrogen) atoms. The summed E-state index contributed by atoms with van der Waals surface area (Å²) in [5, 5.41) is 0. The Balaban J connectivity index is -0.000000210. The fourth-order valence-corrected chi connectivity index (χ4v) is 2.21. The van der Waals surface area contributed by atoms with Crippen molar-refractivity contribution in [3.8, 4) is 5.75 Å². The minimum absolute atomic E-state index is 0.0832. The van der Waals surface area contributed by atoms with Crippen LogP contribution in [-0.2, 0) is 5.41 Å². The molecule has 1 aromatic rings. The van der Waals surface area contributed by atoms with Crippen LogP contribution >= 0.6 is 0 Å². The van der Waals surface area contributed by atoms with Gasteiger partial charge in [-0.05, 0) is 12.1 Å². The first-order chi connectivity index (χ1) is 12.6. The molecule has 1 nitrogen and oxygen atoms in total. The molecule has 0 spiro atoms. The maximum atomic E-state index is 5.81. The second kappa shape index (κ2) is 21.3. The van der Waals surface area contributed by atoms with Crippen molar-refractivity contribution in [1.82, 2.24) is 0 Å². The Labute approximate surface area is 165 Å². The summed E-state index contributed by atoms with van der Waals surface area (Å²) in [6, 6.07) is 8.09. The summed E-state index contributed by atoms with van der Waals surface area (Å²) in [5.41, 5.74) is 2.19. The SMILES string of the molecule is C=CC1=C(C=C)C(C)(C)c2ccccc2O1.CC.CC.CC.CC.CC. The second-order valence-corrected chi connectivity index (χ2v) is 4.41. The molecule has 0 atom stereocenters. The molecule has 0 saturated carbocycles. The number of benzene rings is 1. The number of hydrogen-bond donors (Lipinski definition) is 0. The van der Waals surface area contributed by atoms with Crippen molar-refractivity contribution < 1.29 is 4.74 Å². The molecule has 1 heteroatoms. The quantitative estimate of drug-likeness (QED) is 0.509. The maximum Gasteiger partial charge on any atom is 0.131 e. The predicted molar refractivity (Wildman–Crippen MR) is 124 cm³/mol. The summed E-state index contributed by atoms with van der Waals surface area (Å²) in [6.45, 7) is 32.0. The summed E-state index contributed by atoms with van der Waals surface area (Å²) in [6.07, 6.45) is 3.60. The van der Waals surface area contributed by atoms with Crippen molar-refractivity contribution in [1.29, 1.82) is 0 Å². The van der Waals surface area contributed by atoms with Gasteiger partial charge in [0.1, 0.15) is 11.5 Å². The zero-order valence-corrected chi connectivity index (χ0v) is 19.8. The van der Waals surface area contributed by atoms with Crippen LogP contribution in [0.4, 0.5) is 0 Å². The number of fused-ring (bicyclic) bond motifs is 1. The molecule has 1 heterocycles. The van der Waals surface area contributed by atoms with Gasteiger partial charge in [-0.1, -0.05) is 121 Å². The van der Waals surface area contributed by atoms with Gasteiger partial charge in [-0.3, -0.25) is 0 Å². The smallest absolute Gasteiger partial charge is 0.131 e. The Kier molecular flexibility index (Phi) is 26.2. The highest BCUT2D eigenvalue weighted by molar-refractivity contribution is 5.53. The maximum absolute atomic E-state index is 5.81. The monoisotopic (exact) mass is 362 g/mol. The van der Waals surface area contributed by atoms with Crippen LogP contribution in [0, 0.1) is 0 Å². The fourth-order valence-electron chi connectivity index (χ4n) is 2.21. The van der Waals surface area contributed by atoms with E-state index < -0.39 is 0 Å². The summed E-state index contributed by atoms with van der Waals surface area (Å²) in [5.74, 6) is 1.71. The van der Waals surface area contributed by atoms with Gasteiger partial charge in [0, 0.05) is 16.6 Å². The minimum atomic E-state index is -0.0832. The zero-order valence-electron chi connectivity index (χ0n) is 19.8. The summed E-state index contributed by atoms with van der Waals surface area (Å²) in [7, 11) is 0. The van der Waals surface area contributed by atoms with Gasteiger partial charge in [-0.15, -0.1) is 0 Å². The molecule has 0 saturated heterocycles. The number of hydrogen-bond acceptors (Lipinski definition) is 1. The normalized spacial score (nSPS) is 11.8. The number of para-hydroxylation sites is 1. The molecule has 0 N–H and O–H groups in total. The lowest BCUT2D eigenvalue weighted by Gasteiger charge is -2.34. The van der Waals surface area contributed by atoms with E-state index in [0.717, 1.165) is 17.1 Å². The highest BCUT2D eigenvalue weighted by Gasteiger charge is 2.33. The van der Waals surface area contributed by atoms with Gasteiger partial charge in [0.15, 0.2) is 0 Å². The van der Waals surface area contributed by atoms with Crippen LogP contribution in [0.2, 0.25) is 0 Å². The van der Waals surface area contributed by atoms with Crippen LogP contribution in [-0.4, -0.2) is 0 Å². The first-order valence-electron chi connectivity index (χ1n) is 10.4. The summed E-state index contributed by atoms with van der Waals surface area (Å²) >= 11 is 0. The predicted octanol–water partition coefficient (Wildman–Crippen LogP) is 9.11. The highest BCUT2D eigenvalue weighted by Crippen LogP contribution is 2.43. The number of rotatable bonds is 2. The first-order valence-corrected chi connectivity index (χ1v) is 10.4. The Bertz CT molecular complexity index is 479. The van der Waals surface area contributed by atoms with Gasteiger partial charge < -0.3 is 4.74 Å². The van der Waals surface area contributed by atoms with E-state index in [2.05, 4.69) is 33.1 Å². The lowest BCUT2D eigenvalue weighted by atomic mass is 9.75. The van der Waals surface area contributed by atoms with Crippen LogP contribution in [0.5, 0.6) is 5.75 Å². The van der Waals surface area contributed by atoms with E-state index in [4.69, 9.17) is 4.74 Å². The Morgan fingerprint density at radius 3 is 1.54 bits per heavy atom. The van der Waals surface area contributed by atoms with Crippen molar-refractivity contribution in [2.45, 2.75) is 88.5 Å². The Morgan fingerprint density at radius 2 is 1.15 bits per heavy atom. The van der Waals surface area contributed by atoms with Gasteiger partial charge in [0.05, 0.1) is 0 Å². The van der Waals surface area contributed by atoms with Crippen molar-refractivity contribution in [3.63, 3.8) is 0 Å². The minimum Gasteiger partial charge on any atom is -0.457 e. The molecule has 1 aliphatic rings. The first kappa shape index (κ1) is 32.0. The van der Waals surface area contributed by atoms with E-state index in [1.807, 2.05) is 93.5 Å². The van der Waals surface area contributed by atoms with Gasteiger partial charge in [-0.2, -0.15) is 0 Å². The van der Waals surface area contributed by atoms with Gasteiger partial charge in [-0.25, -0.2) is 0 Å². The molecule has 1 aliphatic heterocycles. The van der Waals surface area contributed by atoms with Crippen LogP contribution in [0.15, 0.2) is 60.9 Å². The molecule has 0 radical (unpaired) electrons. The van der Waals surface area contributed by atoms with E-state index in [-0.39, 0.29) is 5.41 Å². The van der Waals surface area contributed by atoms with Crippen molar-refractivity contribution in [2.75, 3.05) is 0 Å². The second-order valence-electron chi connectivity index (χ2n) is 4.41. The average Bonchev–Trinajstić information content (AvgIpc) is 2.75. The van der Waals surface area contributed by atoms with Crippen LogP contribution in [0.25, 0.3) is 0 Å². The molecular weight excluding hydrogens is 316 g/mol. The molecule has 0 bridgehead atoms. The lowest BCUT2D eigenvalue weighted by molar-refractivity contribution is 0.388. The third-order valence-electron chi connectivity index (χ3n) is 3.11. The molecule has 0 fully saturated rings. The van der Waals surface area contributed by atoms with Crippen molar-refractivity contribution in [2.24, 2.45) is 0 Å². The molecule has 2 rings (SSSR count). The lowest BCUT2D eigenvalue weighted by Crippen LogP contribution is -2.26. The Hall–Kier alpha value is -1.76. The molecule has 0 aromatic heterocycles. The fraction of sp³-hybridized carbons (Fsp3) is 0.520. The molecule has 0 amide bonds. The van der Waals surface area contributed by atoms with Crippen molar-refractivity contribution in [3.05, 3.63) is 66.5 Å². The topological polar surface area (TPSA) is 9.23 Å². The highest BCUT2D eigenvalue weighted by atomic mass is 16.5. The van der Waals surface area contributed by atoms with E-state index in [1.54, 1.807) is 6.08 Å². The molecule has 152 valence electrons. The largest absolute Gasteiger partial charge is 0.457 e. The summed E-state index contributed by atoms with van der Waals surface area (Å²) < 4.78 is 5.81. The van der Waals surface area contributed by atoms with Crippen LogP contribution in [0.1, 0.15) is 88.6 Å². The zero-order chi connectivity index (χ0) is 21.8. The number of ether oxygens (including phenoxy) is 1. The standard InChI is InChI=1S/C15H16O.5C2H6/c1-5-11-13(6-2)16-14-10-8-7-9-12(14)15(11,3)4;5*1-2/h5-10H,1-2H2,3-4H3;5*1-2H3. The van der Waals surface area contributed by atoms with Crippen molar-refractivity contribution >= 4 is 0 Å². The van der Waals surface area contributed by atoms with Gasteiger partial charge in [0.25, 0.3) is 0 Å². The molecule has 1 aromatic carbocycles. The molecule has 0 aliphatic carbocycles. The average molecular weight is 363 g/mol. The number of allylic oxidation sites excluding steroid dienone is 3. The van der Waals surface area contributed by atoms with Gasteiger partial charge in [0.2, 0.25) is 0 Å². The molecular formula is C25H46O. The van der Waals surface area contributed by atoms with Crippen LogP contribution in [0.3, 0.4) is 0 Å². The van der Waals surface area contributed by atoms with E-state index >= 15 is 0 Å². The van der Waals surface area contributed by atoms with E-state index in [9.17, 15) is 0 Å². The Morgan fingerprint density at radius 1 is 0.731 bits per heavy atom.